The summed E-state index contributed by atoms with van der Waals surface area (Å²) in [5, 5.41) is 0.237. The lowest BCUT2D eigenvalue weighted by atomic mass is 9.88. The van der Waals surface area contributed by atoms with Gasteiger partial charge in [0.05, 0.1) is 24.8 Å². The van der Waals surface area contributed by atoms with Gasteiger partial charge in [-0.3, -0.25) is 14.2 Å². The van der Waals surface area contributed by atoms with Gasteiger partial charge in [-0.2, -0.15) is 9.97 Å². The van der Waals surface area contributed by atoms with Crippen LogP contribution in [0.2, 0.25) is 5.28 Å². The molecule has 2 fully saturated rings. The van der Waals surface area contributed by atoms with Crippen molar-refractivity contribution in [2.45, 2.75) is 89.4 Å². The van der Waals surface area contributed by atoms with Gasteiger partial charge in [0.25, 0.3) is 0 Å². The van der Waals surface area contributed by atoms with E-state index in [1.807, 2.05) is 13.8 Å². The molecule has 6 aromatic rings. The van der Waals surface area contributed by atoms with E-state index in [0.29, 0.717) is 53.2 Å². The monoisotopic (exact) mass is 850 g/mol. The molecule has 2 atom stereocenters. The second-order valence-electron chi connectivity index (χ2n) is 15.1. The zero-order valence-corrected chi connectivity index (χ0v) is 34.9. The molecule has 6 aromatic heterocycles. The summed E-state index contributed by atoms with van der Waals surface area (Å²) in [6.45, 7) is 4.07. The Morgan fingerprint density at radius 1 is 0.689 bits per heavy atom. The lowest BCUT2D eigenvalue weighted by molar-refractivity contribution is -0.121. The number of anilines is 4. The first-order valence-corrected chi connectivity index (χ1v) is 20.7. The predicted octanol–water partition coefficient (Wildman–Crippen LogP) is 6.83. The third kappa shape index (κ3) is 8.11. The SMILES string of the molecule is CC[C@@H]1C(=O)N(C)c2cnc(-n3ccnc3-c3ccc(F)cn3)nc2N1C1CCC1.CC[C@@H]1C(=O)N(C)c2cnc(Cl)nc2N1C1CCC1.Fc1ccc(-c2ncc[nH]2)nc1. The van der Waals surface area contributed by atoms with Crippen LogP contribution in [-0.2, 0) is 9.59 Å². The quantitative estimate of drug-likeness (QED) is 0.166. The Labute approximate surface area is 356 Å². The summed E-state index contributed by atoms with van der Waals surface area (Å²) < 4.78 is 27.5. The van der Waals surface area contributed by atoms with Gasteiger partial charge in [-0.1, -0.05) is 13.8 Å². The molecule has 19 heteroatoms. The molecule has 0 spiro atoms. The third-order valence-electron chi connectivity index (χ3n) is 11.6. The van der Waals surface area contributed by atoms with E-state index < -0.39 is 5.82 Å². The van der Waals surface area contributed by atoms with Gasteiger partial charge in [-0.25, -0.2) is 38.7 Å². The van der Waals surface area contributed by atoms with Gasteiger partial charge >= 0.3 is 0 Å². The molecule has 316 valence electrons. The van der Waals surface area contributed by atoms with Crippen LogP contribution in [0.1, 0.15) is 65.2 Å². The number of halogens is 3. The van der Waals surface area contributed by atoms with Crippen LogP contribution in [0.5, 0.6) is 0 Å². The Bertz CT molecular complexity index is 2480. The Morgan fingerprint density at radius 3 is 1.74 bits per heavy atom. The van der Waals surface area contributed by atoms with Crippen molar-refractivity contribution >= 4 is 46.4 Å². The minimum absolute atomic E-state index is 0.0760. The van der Waals surface area contributed by atoms with Gasteiger partial charge < -0.3 is 24.6 Å². The number of H-pyrrole nitrogens is 1. The summed E-state index contributed by atoms with van der Waals surface area (Å²) in [7, 11) is 3.55. The highest BCUT2D eigenvalue weighted by Crippen LogP contribution is 2.42. The maximum atomic E-state index is 13.3. The third-order valence-corrected chi connectivity index (χ3v) is 11.7. The van der Waals surface area contributed by atoms with Crippen LogP contribution in [0.25, 0.3) is 29.0 Å². The number of rotatable bonds is 7. The number of hydrogen-bond acceptors (Lipinski definition) is 12. The van der Waals surface area contributed by atoms with Gasteiger partial charge in [-0.15, -0.1) is 0 Å². The van der Waals surface area contributed by atoms with E-state index >= 15 is 0 Å². The lowest BCUT2D eigenvalue weighted by Crippen LogP contribution is -2.57. The van der Waals surface area contributed by atoms with E-state index in [4.69, 9.17) is 16.6 Å². The molecule has 8 heterocycles. The number of fused-ring (bicyclic) bond motifs is 2. The van der Waals surface area contributed by atoms with Crippen molar-refractivity contribution in [2.75, 3.05) is 33.7 Å². The van der Waals surface area contributed by atoms with Gasteiger partial charge in [0.15, 0.2) is 23.3 Å². The van der Waals surface area contributed by atoms with Crippen molar-refractivity contribution in [1.29, 1.82) is 0 Å². The number of pyridine rings is 2. The van der Waals surface area contributed by atoms with Crippen molar-refractivity contribution in [1.82, 2.24) is 49.4 Å². The summed E-state index contributed by atoms with van der Waals surface area (Å²) in [6.07, 6.45) is 20.6. The standard InChI is InChI=1S/C21H22FN7O.C13H17ClN4O.C8H6FN3/c1-3-16-20(30)27(2)17-12-25-21(26-19(17)29(16)14-5-4-6-14)28-10-9-23-18(28)15-8-7-13(22)11-24-15;1-3-9-12(19)17(2)10-7-15-13(14)16-11(10)18(9)8-5-4-6-8;9-6-1-2-7(12-5-6)8-10-3-4-11-8/h7-12,14,16H,3-6H2,1-2H3;7-9H,3-6H2,1-2H3;1-5H,(H,10,11)/t16-;9-;/m11./s1. The van der Waals surface area contributed by atoms with Gasteiger partial charge in [0.1, 0.15) is 46.5 Å². The van der Waals surface area contributed by atoms with E-state index in [0.717, 1.165) is 68.2 Å². The first-order chi connectivity index (χ1) is 29.6. The van der Waals surface area contributed by atoms with Crippen LogP contribution in [0.3, 0.4) is 0 Å². The van der Waals surface area contributed by atoms with Crippen LogP contribution >= 0.6 is 11.6 Å². The number of likely N-dealkylation sites (N-methyl/N-ethyl adjacent to an activating group) is 2. The molecule has 1 N–H and O–H groups in total. The molecule has 2 amide bonds. The smallest absolute Gasteiger partial charge is 0.249 e. The highest BCUT2D eigenvalue weighted by molar-refractivity contribution is 6.28. The maximum Gasteiger partial charge on any atom is 0.249 e. The van der Waals surface area contributed by atoms with Crippen LogP contribution in [0.4, 0.5) is 31.8 Å². The number of hydrogen-bond donors (Lipinski definition) is 1. The summed E-state index contributed by atoms with van der Waals surface area (Å²) in [5.74, 6) is 2.63. The fourth-order valence-electron chi connectivity index (χ4n) is 7.90. The second kappa shape index (κ2) is 17.7. The predicted molar refractivity (Wildman–Crippen MR) is 226 cm³/mol. The topological polar surface area (TPSA) is 171 Å². The number of aromatic nitrogens is 10. The molecular weight excluding hydrogens is 806 g/mol. The number of nitrogens with zero attached hydrogens (tertiary/aromatic N) is 13. The normalized spacial score (nSPS) is 18.6. The van der Waals surface area contributed by atoms with Crippen LogP contribution in [0, 0.1) is 11.6 Å². The molecule has 4 aliphatic rings. The van der Waals surface area contributed by atoms with Crippen molar-refractivity contribution in [3.63, 3.8) is 0 Å². The maximum absolute atomic E-state index is 13.3. The number of carbonyl (C=O) groups excluding carboxylic acids is 2. The van der Waals surface area contributed by atoms with Crippen molar-refractivity contribution < 1.29 is 18.4 Å². The molecule has 2 aliphatic carbocycles. The number of imidazole rings is 2. The minimum Gasteiger partial charge on any atom is -0.343 e. The van der Waals surface area contributed by atoms with Crippen LogP contribution in [0.15, 0.2) is 73.8 Å². The van der Waals surface area contributed by atoms with E-state index in [9.17, 15) is 18.4 Å². The first kappa shape index (κ1) is 41.3. The van der Waals surface area contributed by atoms with Crippen LogP contribution < -0.4 is 19.6 Å². The van der Waals surface area contributed by atoms with Gasteiger partial charge in [-0.05, 0) is 87.2 Å². The number of aromatic amines is 1. The summed E-state index contributed by atoms with van der Waals surface area (Å²) in [5.41, 5.74) is 2.63. The van der Waals surface area contributed by atoms with Gasteiger partial charge in [0, 0.05) is 51.0 Å². The fraction of sp³-hybridized carbons (Fsp3) is 0.381. The summed E-state index contributed by atoms with van der Waals surface area (Å²) in [4.78, 5) is 70.0. The molecular formula is C42H45ClF2N14O2. The molecule has 0 aromatic carbocycles. The van der Waals surface area contributed by atoms with Crippen molar-refractivity contribution in [3.8, 4) is 29.0 Å². The molecule has 2 aliphatic heterocycles. The van der Waals surface area contributed by atoms with E-state index in [2.05, 4.69) is 49.7 Å². The Balaban J connectivity index is 0.000000141. The Kier molecular flexibility index (Phi) is 12.0. The van der Waals surface area contributed by atoms with E-state index in [1.165, 1.54) is 18.6 Å². The molecule has 0 bridgehead atoms. The number of amides is 2. The van der Waals surface area contributed by atoms with E-state index in [1.54, 1.807) is 77.8 Å². The molecule has 2 saturated carbocycles. The molecule has 0 radical (unpaired) electrons. The zero-order valence-electron chi connectivity index (χ0n) is 34.2. The zero-order chi connectivity index (χ0) is 42.8. The molecule has 16 nitrogen and oxygen atoms in total. The molecule has 10 rings (SSSR count). The number of carbonyl (C=O) groups is 2. The minimum atomic E-state index is -0.406. The largest absolute Gasteiger partial charge is 0.343 e. The van der Waals surface area contributed by atoms with E-state index in [-0.39, 0.29) is 35.0 Å². The highest BCUT2D eigenvalue weighted by atomic mass is 35.5. The van der Waals surface area contributed by atoms with Crippen molar-refractivity contribution in [3.05, 3.63) is 90.8 Å². The molecule has 61 heavy (non-hydrogen) atoms. The average Bonchev–Trinajstić information content (AvgIpc) is 3.96. The Morgan fingerprint density at radius 2 is 1.25 bits per heavy atom. The molecule has 0 saturated heterocycles. The average molecular weight is 851 g/mol. The number of nitrogens with one attached hydrogen (secondary N) is 1. The lowest BCUT2D eigenvalue weighted by Gasteiger charge is -2.47. The summed E-state index contributed by atoms with van der Waals surface area (Å²) >= 11 is 5.93. The van der Waals surface area contributed by atoms with Crippen molar-refractivity contribution in [2.24, 2.45) is 0 Å². The molecule has 0 unspecified atom stereocenters. The Hall–Kier alpha value is -6.43. The summed E-state index contributed by atoms with van der Waals surface area (Å²) in [6, 6.07) is 6.22. The fourth-order valence-corrected chi connectivity index (χ4v) is 8.03. The second-order valence-corrected chi connectivity index (χ2v) is 15.5. The van der Waals surface area contributed by atoms with Crippen LogP contribution in [-0.4, -0.2) is 99.5 Å². The van der Waals surface area contributed by atoms with Gasteiger partial charge in [0.2, 0.25) is 23.0 Å². The first-order valence-electron chi connectivity index (χ1n) is 20.4. The highest BCUT2D eigenvalue weighted by Gasteiger charge is 2.43.